The average molecular weight is 445 g/mol. The summed E-state index contributed by atoms with van der Waals surface area (Å²) in [4.78, 5) is 0. The lowest BCUT2D eigenvalue weighted by molar-refractivity contribution is -0.0886. The molecule has 4 N–H and O–H groups in total. The van der Waals surface area contributed by atoms with Gasteiger partial charge in [-0.1, -0.05) is 50.3 Å². The molecular weight excluding hydrogens is 400 g/mol. The molecule has 0 amide bonds. The van der Waals surface area contributed by atoms with E-state index in [9.17, 15) is 20.4 Å². The number of fused-ring (bicyclic) bond motifs is 1. The van der Waals surface area contributed by atoms with Gasteiger partial charge in [0.25, 0.3) is 0 Å². The molecule has 4 heteroatoms. The first-order valence-electron chi connectivity index (χ1n) is 12.4. The van der Waals surface area contributed by atoms with E-state index in [1.54, 1.807) is 26.8 Å². The Morgan fingerprint density at radius 2 is 1.81 bits per heavy atom. The van der Waals surface area contributed by atoms with Crippen molar-refractivity contribution < 1.29 is 20.4 Å². The van der Waals surface area contributed by atoms with Gasteiger partial charge in [0.05, 0.1) is 17.8 Å². The van der Waals surface area contributed by atoms with Crippen LogP contribution >= 0.6 is 0 Å². The number of aliphatic hydroxyl groups is 4. The van der Waals surface area contributed by atoms with E-state index >= 15 is 0 Å². The number of rotatable bonds is 5. The van der Waals surface area contributed by atoms with Gasteiger partial charge in [0.1, 0.15) is 5.60 Å². The Kier molecular flexibility index (Phi) is 7.32. The lowest BCUT2D eigenvalue weighted by Gasteiger charge is -2.44. The minimum absolute atomic E-state index is 0.218. The molecule has 3 rings (SSSR count). The lowest BCUT2D eigenvalue weighted by Crippen LogP contribution is -2.46. The van der Waals surface area contributed by atoms with Crippen LogP contribution < -0.4 is 0 Å². The van der Waals surface area contributed by atoms with Crippen molar-refractivity contribution in [2.24, 2.45) is 23.2 Å². The Labute approximate surface area is 194 Å². The van der Waals surface area contributed by atoms with Gasteiger partial charge in [0, 0.05) is 6.42 Å². The molecule has 0 saturated heterocycles. The van der Waals surface area contributed by atoms with Crippen LogP contribution in [0.4, 0.5) is 0 Å². The molecule has 3 fully saturated rings. The third-order valence-electron chi connectivity index (χ3n) is 8.90. The van der Waals surface area contributed by atoms with Gasteiger partial charge in [-0.25, -0.2) is 0 Å². The molecule has 0 bridgehead atoms. The van der Waals surface area contributed by atoms with Crippen LogP contribution in [0, 0.1) is 23.2 Å². The van der Waals surface area contributed by atoms with Gasteiger partial charge in [-0.15, -0.1) is 0 Å². The fourth-order valence-electron chi connectivity index (χ4n) is 6.29. The predicted octanol–water partition coefficient (Wildman–Crippen LogP) is 4.84. The smallest absolute Gasteiger partial charge is 0.108 e. The summed E-state index contributed by atoms with van der Waals surface area (Å²) in [7, 11) is 0. The van der Waals surface area contributed by atoms with Crippen molar-refractivity contribution in [3.8, 4) is 0 Å². The fourth-order valence-corrected chi connectivity index (χ4v) is 6.29. The Balaban J connectivity index is 1.78. The van der Waals surface area contributed by atoms with E-state index in [1.807, 2.05) is 0 Å². The van der Waals surface area contributed by atoms with Crippen LogP contribution in [-0.4, -0.2) is 43.8 Å². The van der Waals surface area contributed by atoms with Crippen molar-refractivity contribution in [1.29, 1.82) is 0 Å². The molecule has 32 heavy (non-hydrogen) atoms. The highest BCUT2D eigenvalue weighted by Crippen LogP contribution is 2.59. The second-order valence-corrected chi connectivity index (χ2v) is 11.6. The first-order valence-corrected chi connectivity index (χ1v) is 12.4. The highest BCUT2D eigenvalue weighted by atomic mass is 16.3. The van der Waals surface area contributed by atoms with E-state index in [2.05, 4.69) is 38.7 Å². The Hall–Kier alpha value is -1.20. The summed E-state index contributed by atoms with van der Waals surface area (Å²) < 4.78 is 0. The van der Waals surface area contributed by atoms with E-state index in [0.717, 1.165) is 24.0 Å². The molecule has 0 aliphatic heterocycles. The van der Waals surface area contributed by atoms with Gasteiger partial charge in [0.2, 0.25) is 0 Å². The summed E-state index contributed by atoms with van der Waals surface area (Å²) in [6.07, 6.45) is 13.8. The van der Waals surface area contributed by atoms with E-state index in [0.29, 0.717) is 30.6 Å². The van der Waals surface area contributed by atoms with Gasteiger partial charge in [-0.3, -0.25) is 0 Å². The van der Waals surface area contributed by atoms with Crippen LogP contribution in [0.25, 0.3) is 0 Å². The van der Waals surface area contributed by atoms with Crippen molar-refractivity contribution >= 4 is 0 Å². The maximum Gasteiger partial charge on any atom is 0.108 e. The molecule has 180 valence electrons. The van der Waals surface area contributed by atoms with Gasteiger partial charge >= 0.3 is 0 Å². The molecule has 0 aromatic carbocycles. The molecule has 0 heterocycles. The third-order valence-corrected chi connectivity index (χ3v) is 8.90. The van der Waals surface area contributed by atoms with Gasteiger partial charge < -0.3 is 20.4 Å². The zero-order valence-electron chi connectivity index (χ0n) is 20.6. The predicted molar refractivity (Wildman–Crippen MR) is 130 cm³/mol. The van der Waals surface area contributed by atoms with E-state index in [-0.39, 0.29) is 5.41 Å². The maximum absolute atomic E-state index is 10.6. The first kappa shape index (κ1) is 25.4. The van der Waals surface area contributed by atoms with E-state index < -0.39 is 23.4 Å². The summed E-state index contributed by atoms with van der Waals surface area (Å²) in [6, 6.07) is 0. The second-order valence-electron chi connectivity index (χ2n) is 11.6. The molecule has 4 nitrogen and oxygen atoms in total. The summed E-state index contributed by atoms with van der Waals surface area (Å²) in [6.45, 7) is 13.7. The Morgan fingerprint density at radius 3 is 2.47 bits per heavy atom. The van der Waals surface area contributed by atoms with Crippen molar-refractivity contribution in [3.63, 3.8) is 0 Å². The first-order chi connectivity index (χ1) is 14.8. The average Bonchev–Trinajstić information content (AvgIpc) is 3.04. The summed E-state index contributed by atoms with van der Waals surface area (Å²) >= 11 is 0. The molecule has 7 unspecified atom stereocenters. The van der Waals surface area contributed by atoms with Crippen molar-refractivity contribution in [2.75, 3.05) is 0 Å². The summed E-state index contributed by atoms with van der Waals surface area (Å²) in [5.41, 5.74) is 0.958. The van der Waals surface area contributed by atoms with Crippen LogP contribution in [-0.2, 0) is 0 Å². The molecular formula is C28H44O4. The zero-order valence-corrected chi connectivity index (χ0v) is 20.6. The number of allylic oxidation sites excluding steroid dienone is 4. The largest absolute Gasteiger partial charge is 0.393 e. The van der Waals surface area contributed by atoms with Crippen molar-refractivity contribution in [1.82, 2.24) is 0 Å². The molecule has 7 atom stereocenters. The monoisotopic (exact) mass is 444 g/mol. The van der Waals surface area contributed by atoms with Crippen LogP contribution in [0.3, 0.4) is 0 Å². The second kappa shape index (κ2) is 9.21. The van der Waals surface area contributed by atoms with Gasteiger partial charge in [0.15, 0.2) is 0 Å². The quantitative estimate of drug-likeness (QED) is 0.457. The molecule has 0 aromatic heterocycles. The molecule has 0 aromatic rings. The lowest BCUT2D eigenvalue weighted by atomic mass is 9.61. The summed E-state index contributed by atoms with van der Waals surface area (Å²) in [5.74, 6) is 1.39. The minimum Gasteiger partial charge on any atom is -0.393 e. The number of aliphatic hydroxyl groups excluding tert-OH is 2. The maximum atomic E-state index is 10.6. The SMILES string of the molecule is C=C1/C(=C\C=C2\CCCC3(C)C2CCC3C(C)/C=C/C(C)(O)C(C)(C)O)CC(O)CC1O. The molecule has 0 spiro atoms. The van der Waals surface area contributed by atoms with Crippen LogP contribution in [0.1, 0.15) is 79.6 Å². The van der Waals surface area contributed by atoms with Crippen molar-refractivity contribution in [3.05, 3.63) is 47.6 Å². The molecule has 3 saturated carbocycles. The zero-order chi connectivity index (χ0) is 23.9. The number of hydrogen-bond acceptors (Lipinski definition) is 4. The highest BCUT2D eigenvalue weighted by molar-refractivity contribution is 5.38. The summed E-state index contributed by atoms with van der Waals surface area (Å²) in [5, 5.41) is 41.1. The molecule has 3 aliphatic rings. The van der Waals surface area contributed by atoms with Crippen LogP contribution in [0.15, 0.2) is 47.6 Å². The van der Waals surface area contributed by atoms with Crippen LogP contribution in [0.5, 0.6) is 0 Å². The standard InChI is InChI=1S/C28H44O4/c1-18(13-15-28(6,32)26(3,4)31)23-11-12-24-20(8-7-14-27(23,24)5)9-10-21-16-22(29)17-25(30)19(21)2/h9-10,13,15,18,22-25,29-32H,2,7-8,11-12,14,16-17H2,1,3-6H3/b15-13+,20-9-,21-10-. The highest BCUT2D eigenvalue weighted by Gasteiger charge is 2.50. The van der Waals surface area contributed by atoms with Crippen molar-refractivity contribution in [2.45, 2.75) is 103 Å². The Morgan fingerprint density at radius 1 is 1.12 bits per heavy atom. The van der Waals surface area contributed by atoms with Gasteiger partial charge in [-0.05, 0) is 93.6 Å². The Bertz CT molecular complexity index is 797. The molecule has 0 radical (unpaired) electrons. The molecule has 3 aliphatic carbocycles. The third kappa shape index (κ3) is 4.99. The number of hydrogen-bond donors (Lipinski definition) is 4. The normalized spacial score (nSPS) is 39.5. The van der Waals surface area contributed by atoms with Gasteiger partial charge in [-0.2, -0.15) is 0 Å². The van der Waals surface area contributed by atoms with Crippen LogP contribution in [0.2, 0.25) is 0 Å². The van der Waals surface area contributed by atoms with E-state index in [1.165, 1.54) is 24.8 Å². The van der Waals surface area contributed by atoms with E-state index in [4.69, 9.17) is 0 Å². The minimum atomic E-state index is -1.26. The topological polar surface area (TPSA) is 80.9 Å². The fraction of sp³-hybridized carbons (Fsp3) is 0.714.